The number of rotatable bonds is 6. The average Bonchev–Trinajstić information content (AvgIpc) is 3.46. The van der Waals surface area contributed by atoms with Crippen molar-refractivity contribution in [2.75, 3.05) is 20.2 Å². The zero-order valence-electron chi connectivity index (χ0n) is 18.3. The number of aromatic nitrogens is 1. The van der Waals surface area contributed by atoms with Crippen molar-refractivity contribution in [2.24, 2.45) is 4.99 Å². The average molecular weight is 493 g/mol. The molecule has 1 saturated heterocycles. The number of hydrogen-bond donors (Lipinski definition) is 2. The van der Waals surface area contributed by atoms with E-state index in [0.29, 0.717) is 16.4 Å². The number of aliphatic carboxylic acids is 1. The Hall–Kier alpha value is -3.38. The Morgan fingerprint density at radius 1 is 1.35 bits per heavy atom. The van der Waals surface area contributed by atoms with Crippen LogP contribution in [-0.2, 0) is 19.8 Å². The first-order valence-electron chi connectivity index (χ1n) is 10.3. The van der Waals surface area contributed by atoms with Gasteiger partial charge in [0.05, 0.1) is 12.8 Å². The van der Waals surface area contributed by atoms with Gasteiger partial charge in [0.15, 0.2) is 16.6 Å². The van der Waals surface area contributed by atoms with Crippen LogP contribution in [0.3, 0.4) is 0 Å². The number of carboxylic acid groups (broad SMARTS) is 1. The number of halogens is 2. The number of alkyl halides is 1. The lowest BCUT2D eigenvalue weighted by atomic mass is 9.88. The van der Waals surface area contributed by atoms with Crippen LogP contribution in [0.5, 0.6) is 0 Å². The van der Waals surface area contributed by atoms with Crippen LogP contribution in [0.1, 0.15) is 23.9 Å². The Kier molecular flexibility index (Phi) is 6.62. The van der Waals surface area contributed by atoms with E-state index in [1.165, 1.54) is 40.5 Å². The second-order valence-corrected chi connectivity index (χ2v) is 8.88. The minimum absolute atomic E-state index is 0.0257. The molecule has 2 aromatic rings. The molecule has 0 bridgehead atoms. The highest BCUT2D eigenvalue weighted by Crippen LogP contribution is 2.39. The molecule has 1 aromatic carbocycles. The predicted octanol–water partition coefficient (Wildman–Crippen LogP) is 3.04. The number of nitrogens with one attached hydrogen (secondary N) is 1. The lowest BCUT2D eigenvalue weighted by Crippen LogP contribution is -2.46. The molecule has 9 nitrogen and oxygen atoms in total. The van der Waals surface area contributed by atoms with E-state index < -0.39 is 35.7 Å². The number of carbonyl (C=O) groups excluding carboxylic acids is 1. The maximum Gasteiger partial charge on any atom is 0.513 e. The van der Waals surface area contributed by atoms with Gasteiger partial charge in [0.1, 0.15) is 23.6 Å². The summed E-state index contributed by atoms with van der Waals surface area (Å²) in [5, 5.41) is 14.9. The van der Waals surface area contributed by atoms with E-state index >= 15 is 0 Å². The van der Waals surface area contributed by atoms with Crippen LogP contribution < -0.4 is 5.32 Å². The van der Waals surface area contributed by atoms with Gasteiger partial charge in [-0.2, -0.15) is 0 Å². The van der Waals surface area contributed by atoms with Crippen molar-refractivity contribution >= 4 is 29.3 Å². The monoisotopic (exact) mass is 492 g/mol. The molecule has 0 unspecified atom stereocenters. The summed E-state index contributed by atoms with van der Waals surface area (Å²) < 4.78 is 38.0. The number of aliphatic imine (C=N–C) groups is 1. The summed E-state index contributed by atoms with van der Waals surface area (Å²) in [5.41, 5.74) is -0.546. The van der Waals surface area contributed by atoms with Crippen LogP contribution in [0.4, 0.5) is 13.6 Å². The first kappa shape index (κ1) is 23.8. The van der Waals surface area contributed by atoms with E-state index in [4.69, 9.17) is 9.73 Å². The van der Waals surface area contributed by atoms with Crippen molar-refractivity contribution in [2.45, 2.75) is 31.1 Å². The van der Waals surface area contributed by atoms with Crippen LogP contribution >= 0.6 is 11.3 Å². The molecule has 0 saturated carbocycles. The SMILES string of the molecule is COC(=O)OC1=C(CN2C[C@@H](F)C[C@H]2C(=O)O)NC(c2nccs2)=N[C@@]1(C)c1ccc(F)cc1. The van der Waals surface area contributed by atoms with Gasteiger partial charge in [-0.1, -0.05) is 12.1 Å². The van der Waals surface area contributed by atoms with E-state index in [2.05, 4.69) is 15.0 Å². The summed E-state index contributed by atoms with van der Waals surface area (Å²) in [7, 11) is 1.15. The summed E-state index contributed by atoms with van der Waals surface area (Å²) in [5.74, 6) is -1.24. The van der Waals surface area contributed by atoms with E-state index in [-0.39, 0.29) is 31.0 Å². The predicted molar refractivity (Wildman–Crippen MR) is 119 cm³/mol. The lowest BCUT2D eigenvalue weighted by Gasteiger charge is -2.36. The molecule has 1 aromatic heterocycles. The second-order valence-electron chi connectivity index (χ2n) is 7.98. The van der Waals surface area contributed by atoms with Gasteiger partial charge >= 0.3 is 12.1 Å². The van der Waals surface area contributed by atoms with Gasteiger partial charge in [0.2, 0.25) is 0 Å². The normalized spacial score (nSPS) is 25.0. The first-order valence-corrected chi connectivity index (χ1v) is 11.2. The van der Waals surface area contributed by atoms with Gasteiger partial charge in [-0.3, -0.25) is 9.69 Å². The molecule has 2 aliphatic heterocycles. The van der Waals surface area contributed by atoms with Gasteiger partial charge < -0.3 is 19.9 Å². The van der Waals surface area contributed by atoms with Gasteiger partial charge in [0.25, 0.3) is 0 Å². The first-order chi connectivity index (χ1) is 16.2. The Morgan fingerprint density at radius 2 is 2.09 bits per heavy atom. The highest BCUT2D eigenvalue weighted by atomic mass is 32.1. The molecule has 2 N–H and O–H groups in total. The van der Waals surface area contributed by atoms with Crippen molar-refractivity contribution in [1.82, 2.24) is 15.2 Å². The minimum Gasteiger partial charge on any atom is -0.480 e. The Balaban J connectivity index is 1.84. The Labute approximate surface area is 197 Å². The van der Waals surface area contributed by atoms with E-state index in [1.807, 2.05) is 0 Å². The van der Waals surface area contributed by atoms with E-state index in [1.54, 1.807) is 18.5 Å². The summed E-state index contributed by atoms with van der Waals surface area (Å²) in [6, 6.07) is 4.48. The van der Waals surface area contributed by atoms with E-state index in [0.717, 1.165) is 7.11 Å². The zero-order chi connectivity index (χ0) is 24.5. The smallest absolute Gasteiger partial charge is 0.480 e. The molecule has 180 valence electrons. The van der Waals surface area contributed by atoms with Crippen molar-refractivity contribution in [1.29, 1.82) is 0 Å². The van der Waals surface area contributed by atoms with Crippen LogP contribution in [0.2, 0.25) is 0 Å². The van der Waals surface area contributed by atoms with Crippen LogP contribution in [0, 0.1) is 5.82 Å². The van der Waals surface area contributed by atoms with Gasteiger partial charge in [-0.25, -0.2) is 23.6 Å². The van der Waals surface area contributed by atoms with Crippen LogP contribution in [-0.4, -0.2) is 65.4 Å². The molecular weight excluding hydrogens is 470 g/mol. The quantitative estimate of drug-likeness (QED) is 0.592. The number of nitrogens with zero attached hydrogens (tertiary/aromatic N) is 3. The molecule has 0 radical (unpaired) electrons. The molecule has 3 atom stereocenters. The topological polar surface area (TPSA) is 113 Å². The third-order valence-electron chi connectivity index (χ3n) is 5.71. The third-order valence-corrected chi connectivity index (χ3v) is 6.49. The number of carbonyl (C=O) groups is 2. The fourth-order valence-corrected chi connectivity index (χ4v) is 4.67. The summed E-state index contributed by atoms with van der Waals surface area (Å²) in [4.78, 5) is 34.4. The molecule has 34 heavy (non-hydrogen) atoms. The highest BCUT2D eigenvalue weighted by molar-refractivity contribution is 7.11. The highest BCUT2D eigenvalue weighted by Gasteiger charge is 2.44. The van der Waals surface area contributed by atoms with E-state index in [9.17, 15) is 23.5 Å². The molecule has 0 spiro atoms. The standard InChI is InChI=1S/C22H22F2N4O5S/c1-22(12-3-5-13(23)6-4-12)17(33-21(31)32-2)15(26-18(27-22)19-25-7-8-34-19)11-28-10-14(24)9-16(28)20(29)30/h3-8,14,16H,9-11H2,1-2H3,(H,26,27)(H,29,30)/t14-,16-,22-/m0/s1. The molecule has 0 aliphatic carbocycles. The molecular formula is C22H22F2N4O5S. The van der Waals surface area contributed by atoms with Gasteiger partial charge in [0, 0.05) is 31.1 Å². The summed E-state index contributed by atoms with van der Waals surface area (Å²) in [6.45, 7) is 1.49. The van der Waals surface area contributed by atoms with Gasteiger partial charge in [-0.05, 0) is 24.6 Å². The zero-order valence-corrected chi connectivity index (χ0v) is 19.1. The molecule has 12 heteroatoms. The number of benzene rings is 1. The maximum atomic E-state index is 14.1. The fourth-order valence-electron chi connectivity index (χ4n) is 4.09. The lowest BCUT2D eigenvalue weighted by molar-refractivity contribution is -0.142. The number of methoxy groups -OCH3 is 1. The van der Waals surface area contributed by atoms with Gasteiger partial charge in [-0.15, -0.1) is 11.3 Å². The summed E-state index contributed by atoms with van der Waals surface area (Å²) >= 11 is 1.31. The number of ether oxygens (including phenoxy) is 2. The largest absolute Gasteiger partial charge is 0.513 e. The number of amidine groups is 1. The number of hydrogen-bond acceptors (Lipinski definition) is 9. The van der Waals surface area contributed by atoms with Crippen molar-refractivity contribution in [3.8, 4) is 0 Å². The van der Waals surface area contributed by atoms with Crippen molar-refractivity contribution < 1.29 is 33.0 Å². The Morgan fingerprint density at radius 3 is 2.71 bits per heavy atom. The fraction of sp³-hybridized carbons (Fsp3) is 0.364. The number of likely N-dealkylation sites (tertiary alicyclic amines) is 1. The molecule has 0 amide bonds. The number of thiazole rings is 1. The maximum absolute atomic E-state index is 14.1. The Bertz CT molecular complexity index is 1140. The van der Waals surface area contributed by atoms with Crippen LogP contribution in [0.15, 0.2) is 52.3 Å². The summed E-state index contributed by atoms with van der Waals surface area (Å²) in [6.07, 6.45) is -0.892. The van der Waals surface area contributed by atoms with Crippen molar-refractivity contribution in [3.63, 3.8) is 0 Å². The molecule has 2 aliphatic rings. The molecule has 3 heterocycles. The number of carboxylic acids is 1. The molecule has 1 fully saturated rings. The van der Waals surface area contributed by atoms with Crippen LogP contribution in [0.25, 0.3) is 0 Å². The van der Waals surface area contributed by atoms with Crippen molar-refractivity contribution in [3.05, 3.63) is 63.7 Å². The second kappa shape index (κ2) is 9.47. The third kappa shape index (κ3) is 4.64. The minimum atomic E-state index is -1.34. The molecule has 4 rings (SSSR count).